The zero-order chi connectivity index (χ0) is 34.4. The molecule has 0 aliphatic carbocycles. The van der Waals surface area contributed by atoms with E-state index < -0.39 is 0 Å². The van der Waals surface area contributed by atoms with Crippen molar-refractivity contribution in [2.24, 2.45) is 0 Å². The Morgan fingerprint density at radius 2 is 0.596 bits per heavy atom. The van der Waals surface area contributed by atoms with Crippen LogP contribution in [0.5, 0.6) is 0 Å². The molecule has 0 bridgehead atoms. The molecular weight excluding hydrogens is 629 g/mol. The van der Waals surface area contributed by atoms with Crippen molar-refractivity contribution in [3.8, 4) is 56.2 Å². The van der Waals surface area contributed by atoms with Crippen molar-refractivity contribution in [3.63, 3.8) is 0 Å². The maximum absolute atomic E-state index is 5.27. The Kier molecular flexibility index (Phi) is 7.18. The topological polar surface area (TPSA) is 25.8 Å². The molecule has 0 saturated heterocycles. The van der Waals surface area contributed by atoms with Gasteiger partial charge in [0.1, 0.15) is 0 Å². The molecule has 1 aromatic heterocycles. The maximum Gasteiger partial charge on any atom is 0.160 e. The number of rotatable bonds is 5. The largest absolute Gasteiger partial charge is 0.228 e. The van der Waals surface area contributed by atoms with Crippen LogP contribution in [-0.4, -0.2) is 9.97 Å². The Bertz CT molecular complexity index is 2770. The number of nitrogens with zero attached hydrogens (tertiary/aromatic N) is 2. The third-order valence-corrected chi connectivity index (χ3v) is 10.3. The normalized spacial score (nSPS) is 11.5. The minimum absolute atomic E-state index is 0.706. The first kappa shape index (κ1) is 30.0. The Balaban J connectivity index is 1.20. The summed E-state index contributed by atoms with van der Waals surface area (Å²) >= 11 is 0. The van der Waals surface area contributed by atoms with Gasteiger partial charge in [0, 0.05) is 16.7 Å². The smallest absolute Gasteiger partial charge is 0.160 e. The van der Waals surface area contributed by atoms with Crippen molar-refractivity contribution in [2.45, 2.75) is 0 Å². The third-order valence-electron chi connectivity index (χ3n) is 10.3. The summed E-state index contributed by atoms with van der Waals surface area (Å²) in [6.07, 6.45) is 0. The molecule has 0 atom stereocenters. The lowest BCUT2D eigenvalue weighted by atomic mass is 9.90. The van der Waals surface area contributed by atoms with Crippen LogP contribution in [0.25, 0.3) is 99.2 Å². The quantitative estimate of drug-likeness (QED) is 0.184. The van der Waals surface area contributed by atoms with E-state index in [-0.39, 0.29) is 0 Å². The second-order valence-corrected chi connectivity index (χ2v) is 13.3. The van der Waals surface area contributed by atoms with Crippen molar-refractivity contribution >= 4 is 43.1 Å². The molecule has 0 unspecified atom stereocenters. The zero-order valence-corrected chi connectivity index (χ0v) is 28.4. The van der Waals surface area contributed by atoms with Crippen molar-refractivity contribution < 1.29 is 0 Å². The summed E-state index contributed by atoms with van der Waals surface area (Å²) in [7, 11) is 0. The molecule has 0 saturated carbocycles. The van der Waals surface area contributed by atoms with E-state index in [1.54, 1.807) is 0 Å². The highest BCUT2D eigenvalue weighted by atomic mass is 14.9. The highest BCUT2D eigenvalue weighted by Gasteiger charge is 2.18. The Morgan fingerprint density at radius 3 is 1.08 bits per heavy atom. The molecule has 0 N–H and O–H groups in total. The average Bonchev–Trinajstić information content (AvgIpc) is 3.22. The number of benzene rings is 9. The van der Waals surface area contributed by atoms with Crippen LogP contribution in [0.4, 0.5) is 0 Å². The van der Waals surface area contributed by atoms with E-state index in [0.717, 1.165) is 38.9 Å². The number of fused-ring (bicyclic) bond motifs is 4. The first-order valence-corrected chi connectivity index (χ1v) is 17.8. The molecule has 0 aliphatic rings. The van der Waals surface area contributed by atoms with E-state index in [9.17, 15) is 0 Å². The molecule has 0 fully saturated rings. The number of hydrogen-bond donors (Lipinski definition) is 0. The highest BCUT2D eigenvalue weighted by Crippen LogP contribution is 2.41. The van der Waals surface area contributed by atoms with Gasteiger partial charge in [-0.25, -0.2) is 9.97 Å². The van der Waals surface area contributed by atoms with Gasteiger partial charge in [-0.2, -0.15) is 0 Å². The SMILES string of the molecule is c1ccc(-c2nc(-c3ccc(-c4cccc5ccccc45)c4ccccc34)cc(-c3ccc(-c4cccc5ccccc45)c4ccccc34)n2)cc1. The molecule has 0 amide bonds. The van der Waals surface area contributed by atoms with Gasteiger partial charge in [0.2, 0.25) is 0 Å². The molecule has 0 aliphatic heterocycles. The van der Waals surface area contributed by atoms with Crippen LogP contribution in [0.15, 0.2) is 194 Å². The van der Waals surface area contributed by atoms with Gasteiger partial charge < -0.3 is 0 Å². The predicted octanol–water partition coefficient (Wildman–Crippen LogP) is 13.4. The molecule has 10 rings (SSSR count). The highest BCUT2D eigenvalue weighted by molar-refractivity contribution is 6.11. The molecule has 2 nitrogen and oxygen atoms in total. The molecule has 242 valence electrons. The summed E-state index contributed by atoms with van der Waals surface area (Å²) in [5.41, 5.74) is 9.82. The third kappa shape index (κ3) is 5.04. The lowest BCUT2D eigenvalue weighted by Gasteiger charge is -2.16. The fraction of sp³-hybridized carbons (Fsp3) is 0. The van der Waals surface area contributed by atoms with Gasteiger partial charge >= 0.3 is 0 Å². The van der Waals surface area contributed by atoms with Crippen molar-refractivity contribution in [2.75, 3.05) is 0 Å². The van der Waals surface area contributed by atoms with Gasteiger partial charge in [-0.1, -0.05) is 188 Å². The van der Waals surface area contributed by atoms with Gasteiger partial charge in [0.25, 0.3) is 0 Å². The molecule has 0 radical (unpaired) electrons. The summed E-state index contributed by atoms with van der Waals surface area (Å²) in [5, 5.41) is 9.68. The number of hydrogen-bond acceptors (Lipinski definition) is 2. The second kappa shape index (κ2) is 12.5. The summed E-state index contributed by atoms with van der Waals surface area (Å²) in [6, 6.07) is 69.3. The van der Waals surface area contributed by atoms with E-state index in [1.165, 1.54) is 54.6 Å². The van der Waals surface area contributed by atoms with Crippen LogP contribution in [0, 0.1) is 0 Å². The van der Waals surface area contributed by atoms with Crippen molar-refractivity contribution in [1.29, 1.82) is 0 Å². The van der Waals surface area contributed by atoms with Crippen LogP contribution in [-0.2, 0) is 0 Å². The average molecular weight is 661 g/mol. The summed E-state index contributed by atoms with van der Waals surface area (Å²) in [4.78, 5) is 10.5. The first-order chi connectivity index (χ1) is 25.8. The predicted molar refractivity (Wildman–Crippen MR) is 219 cm³/mol. The monoisotopic (exact) mass is 660 g/mol. The molecule has 0 spiro atoms. The van der Waals surface area contributed by atoms with E-state index in [4.69, 9.17) is 9.97 Å². The van der Waals surface area contributed by atoms with Crippen LogP contribution in [0.2, 0.25) is 0 Å². The Morgan fingerprint density at radius 1 is 0.250 bits per heavy atom. The fourth-order valence-corrected chi connectivity index (χ4v) is 7.87. The van der Waals surface area contributed by atoms with E-state index in [1.807, 2.05) is 18.2 Å². The van der Waals surface area contributed by atoms with Crippen molar-refractivity contribution in [1.82, 2.24) is 9.97 Å². The molecule has 2 heteroatoms. The summed E-state index contributed by atoms with van der Waals surface area (Å²) < 4.78 is 0. The van der Waals surface area contributed by atoms with E-state index in [2.05, 4.69) is 176 Å². The second-order valence-electron chi connectivity index (χ2n) is 13.3. The van der Waals surface area contributed by atoms with E-state index >= 15 is 0 Å². The lowest BCUT2D eigenvalue weighted by molar-refractivity contribution is 1.19. The van der Waals surface area contributed by atoms with Gasteiger partial charge in [-0.05, 0) is 71.4 Å². The van der Waals surface area contributed by atoms with Gasteiger partial charge in [-0.3, -0.25) is 0 Å². The Labute approximate surface area is 302 Å². The van der Waals surface area contributed by atoms with Crippen LogP contribution in [0.3, 0.4) is 0 Å². The minimum Gasteiger partial charge on any atom is -0.228 e. The molecule has 9 aromatic carbocycles. The van der Waals surface area contributed by atoms with Crippen LogP contribution in [0.1, 0.15) is 0 Å². The standard InChI is InChI=1S/C50H32N2/c1-2-16-35(17-3-1)50-51-48(46-30-28-44(40-22-8-10-24-42(40)46)38-26-12-18-33-14-4-6-20-36(33)38)32-49(52-50)47-31-29-45(41-23-9-11-25-43(41)47)39-27-13-19-34-15-5-7-21-37(34)39/h1-32H. The summed E-state index contributed by atoms with van der Waals surface area (Å²) in [6.45, 7) is 0. The zero-order valence-electron chi connectivity index (χ0n) is 28.4. The maximum atomic E-state index is 5.27. The van der Waals surface area contributed by atoms with E-state index in [0.29, 0.717) is 5.82 Å². The lowest BCUT2D eigenvalue weighted by Crippen LogP contribution is -1.97. The first-order valence-electron chi connectivity index (χ1n) is 17.8. The fourth-order valence-electron chi connectivity index (χ4n) is 7.87. The van der Waals surface area contributed by atoms with Crippen LogP contribution < -0.4 is 0 Å². The summed E-state index contributed by atoms with van der Waals surface area (Å²) in [5.74, 6) is 0.706. The molecule has 1 heterocycles. The molecule has 52 heavy (non-hydrogen) atoms. The Hall–Kier alpha value is -6.90. The van der Waals surface area contributed by atoms with Gasteiger partial charge in [0.15, 0.2) is 5.82 Å². The van der Waals surface area contributed by atoms with Gasteiger partial charge in [-0.15, -0.1) is 0 Å². The van der Waals surface area contributed by atoms with Crippen LogP contribution >= 0.6 is 0 Å². The molecular formula is C50H32N2. The number of aromatic nitrogens is 2. The minimum atomic E-state index is 0.706. The molecule has 10 aromatic rings. The van der Waals surface area contributed by atoms with Gasteiger partial charge in [0.05, 0.1) is 11.4 Å². The van der Waals surface area contributed by atoms with Crippen molar-refractivity contribution in [3.05, 3.63) is 194 Å².